The molecule has 8 nitrogen and oxygen atoms in total. The predicted octanol–water partition coefficient (Wildman–Crippen LogP) is 1.56. The van der Waals surface area contributed by atoms with Crippen LogP contribution in [0.25, 0.3) is 21.9 Å². The third-order valence-corrected chi connectivity index (χ3v) is 6.28. The summed E-state index contributed by atoms with van der Waals surface area (Å²) in [6.45, 7) is 1.97. The molecule has 0 aliphatic carbocycles. The number of piperidine rings is 1. The Labute approximate surface area is 179 Å². The van der Waals surface area contributed by atoms with E-state index in [-0.39, 0.29) is 17.3 Å². The van der Waals surface area contributed by atoms with Crippen molar-refractivity contribution in [2.45, 2.75) is 25.4 Å². The zero-order chi connectivity index (χ0) is 21.7. The number of rotatable bonds is 3. The van der Waals surface area contributed by atoms with Crippen LogP contribution in [0.5, 0.6) is 0 Å². The standard InChI is InChI=1S/C23H26N6O2/c1-26-20-19(21(30)27(2)23(26)31)29(22(25-20)28-12-6-10-17(24)14-28)13-16-9-5-8-15-7-3-4-11-18(15)16/h3-5,7-9,11,17H,6,10,12-14,24H2,1-2H3. The van der Waals surface area contributed by atoms with Crippen molar-refractivity contribution in [1.82, 2.24) is 18.7 Å². The number of hydrogen-bond donors (Lipinski definition) is 1. The van der Waals surface area contributed by atoms with Gasteiger partial charge in [-0.3, -0.25) is 18.5 Å². The maximum Gasteiger partial charge on any atom is 0.332 e. The van der Waals surface area contributed by atoms with Crippen LogP contribution in [0, 0.1) is 0 Å². The fourth-order valence-electron chi connectivity index (χ4n) is 4.62. The van der Waals surface area contributed by atoms with Crippen LogP contribution in [-0.4, -0.2) is 37.8 Å². The molecule has 2 N–H and O–H groups in total. The molecule has 1 aliphatic heterocycles. The predicted molar refractivity (Wildman–Crippen MR) is 123 cm³/mol. The smallest absolute Gasteiger partial charge is 0.332 e. The number of nitrogens with two attached hydrogens (primary N) is 1. The minimum atomic E-state index is -0.380. The first kappa shape index (κ1) is 19.6. The van der Waals surface area contributed by atoms with E-state index in [4.69, 9.17) is 10.7 Å². The fourth-order valence-corrected chi connectivity index (χ4v) is 4.62. The summed E-state index contributed by atoms with van der Waals surface area (Å²) in [5.74, 6) is 0.691. The number of imidazole rings is 1. The molecule has 31 heavy (non-hydrogen) atoms. The lowest BCUT2D eigenvalue weighted by molar-refractivity contribution is 0.495. The number of nitrogens with zero attached hydrogens (tertiary/aromatic N) is 5. The average molecular weight is 419 g/mol. The lowest BCUT2D eigenvalue weighted by atomic mass is 10.0. The Morgan fingerprint density at radius 1 is 1.06 bits per heavy atom. The molecular weight excluding hydrogens is 392 g/mol. The fraction of sp³-hybridized carbons (Fsp3) is 0.348. The van der Waals surface area contributed by atoms with Crippen molar-refractivity contribution in [3.63, 3.8) is 0 Å². The number of aromatic nitrogens is 4. The number of fused-ring (bicyclic) bond motifs is 2. The largest absolute Gasteiger partial charge is 0.341 e. The highest BCUT2D eigenvalue weighted by Crippen LogP contribution is 2.26. The lowest BCUT2D eigenvalue weighted by Crippen LogP contribution is -2.44. The van der Waals surface area contributed by atoms with Gasteiger partial charge in [0.2, 0.25) is 5.95 Å². The van der Waals surface area contributed by atoms with E-state index in [1.54, 1.807) is 7.05 Å². The van der Waals surface area contributed by atoms with E-state index < -0.39 is 0 Å². The first-order chi connectivity index (χ1) is 15.0. The molecule has 3 heterocycles. The quantitative estimate of drug-likeness (QED) is 0.545. The summed E-state index contributed by atoms with van der Waals surface area (Å²) in [5.41, 5.74) is 7.46. The Kier molecular flexibility index (Phi) is 4.66. The molecule has 1 fully saturated rings. The second-order valence-corrected chi connectivity index (χ2v) is 8.36. The zero-order valence-electron chi connectivity index (χ0n) is 17.8. The molecule has 0 bridgehead atoms. The maximum absolute atomic E-state index is 13.2. The number of anilines is 1. The van der Waals surface area contributed by atoms with Crippen LogP contribution in [0.4, 0.5) is 5.95 Å². The first-order valence-electron chi connectivity index (χ1n) is 10.6. The topological polar surface area (TPSA) is 91.1 Å². The Hall–Kier alpha value is -3.39. The summed E-state index contributed by atoms with van der Waals surface area (Å²) in [6.07, 6.45) is 1.94. The van der Waals surface area contributed by atoms with Gasteiger partial charge >= 0.3 is 5.69 Å². The van der Waals surface area contributed by atoms with Gasteiger partial charge in [0.1, 0.15) is 0 Å². The van der Waals surface area contributed by atoms with Gasteiger partial charge in [-0.25, -0.2) is 4.79 Å². The van der Waals surface area contributed by atoms with Gasteiger partial charge in [-0.2, -0.15) is 4.98 Å². The minimum Gasteiger partial charge on any atom is -0.341 e. The molecule has 1 aliphatic rings. The van der Waals surface area contributed by atoms with Gasteiger partial charge in [0.15, 0.2) is 11.2 Å². The molecule has 1 unspecified atom stereocenters. The van der Waals surface area contributed by atoms with Gasteiger partial charge in [0.25, 0.3) is 5.56 Å². The lowest BCUT2D eigenvalue weighted by Gasteiger charge is -2.32. The van der Waals surface area contributed by atoms with Gasteiger partial charge in [-0.15, -0.1) is 0 Å². The van der Waals surface area contributed by atoms with Gasteiger partial charge in [0, 0.05) is 33.2 Å². The Balaban J connectivity index is 1.77. The third kappa shape index (κ3) is 3.14. The van der Waals surface area contributed by atoms with Crippen molar-refractivity contribution >= 4 is 27.9 Å². The van der Waals surface area contributed by atoms with Crippen molar-refractivity contribution in [1.29, 1.82) is 0 Å². The summed E-state index contributed by atoms with van der Waals surface area (Å²) in [4.78, 5) is 32.6. The highest BCUT2D eigenvalue weighted by Gasteiger charge is 2.26. The molecule has 1 atom stereocenters. The summed E-state index contributed by atoms with van der Waals surface area (Å²) in [5, 5.41) is 2.28. The van der Waals surface area contributed by atoms with Crippen LogP contribution >= 0.6 is 0 Å². The number of aryl methyl sites for hydroxylation is 1. The van der Waals surface area contributed by atoms with Crippen LogP contribution < -0.4 is 21.9 Å². The monoisotopic (exact) mass is 418 g/mol. The van der Waals surface area contributed by atoms with Crippen LogP contribution in [0.2, 0.25) is 0 Å². The second kappa shape index (κ2) is 7.39. The van der Waals surface area contributed by atoms with Gasteiger partial charge in [-0.05, 0) is 29.2 Å². The highest BCUT2D eigenvalue weighted by molar-refractivity contribution is 5.86. The number of benzene rings is 2. The molecule has 4 aromatic rings. The zero-order valence-corrected chi connectivity index (χ0v) is 17.8. The SMILES string of the molecule is Cn1c(=O)c2c(nc(N3CCCC(N)C3)n2Cc2cccc3ccccc23)n(C)c1=O. The van der Waals surface area contributed by atoms with Crippen molar-refractivity contribution in [2.24, 2.45) is 19.8 Å². The van der Waals surface area contributed by atoms with E-state index in [9.17, 15) is 9.59 Å². The molecule has 2 aromatic carbocycles. The van der Waals surface area contributed by atoms with E-state index in [1.807, 2.05) is 22.8 Å². The van der Waals surface area contributed by atoms with Gasteiger partial charge in [-0.1, -0.05) is 42.5 Å². The van der Waals surface area contributed by atoms with E-state index in [1.165, 1.54) is 11.6 Å². The van der Waals surface area contributed by atoms with Crippen molar-refractivity contribution in [2.75, 3.05) is 18.0 Å². The van der Waals surface area contributed by atoms with E-state index >= 15 is 0 Å². The average Bonchev–Trinajstić information content (AvgIpc) is 3.16. The summed E-state index contributed by atoms with van der Waals surface area (Å²) in [7, 11) is 3.17. The molecule has 0 amide bonds. The van der Waals surface area contributed by atoms with E-state index in [0.717, 1.165) is 40.3 Å². The maximum atomic E-state index is 13.2. The molecule has 0 spiro atoms. The van der Waals surface area contributed by atoms with Crippen LogP contribution in [0.15, 0.2) is 52.1 Å². The molecule has 1 saturated heterocycles. The molecular formula is C23H26N6O2. The molecule has 160 valence electrons. The minimum absolute atomic E-state index is 0.0613. The molecule has 8 heteroatoms. The normalized spacial score (nSPS) is 17.0. The first-order valence-corrected chi connectivity index (χ1v) is 10.6. The molecule has 2 aromatic heterocycles. The summed E-state index contributed by atoms with van der Waals surface area (Å²) in [6, 6.07) is 14.5. The second-order valence-electron chi connectivity index (χ2n) is 8.36. The van der Waals surface area contributed by atoms with Crippen molar-refractivity contribution in [3.8, 4) is 0 Å². The Bertz CT molecular complexity index is 1410. The van der Waals surface area contributed by atoms with Crippen molar-refractivity contribution < 1.29 is 0 Å². The number of hydrogen-bond acceptors (Lipinski definition) is 5. The van der Waals surface area contributed by atoms with Crippen molar-refractivity contribution in [3.05, 3.63) is 68.9 Å². The summed E-state index contributed by atoms with van der Waals surface area (Å²) < 4.78 is 4.55. The summed E-state index contributed by atoms with van der Waals surface area (Å²) >= 11 is 0. The molecule has 5 rings (SSSR count). The van der Waals surface area contributed by atoms with Crippen LogP contribution in [-0.2, 0) is 20.6 Å². The van der Waals surface area contributed by atoms with Gasteiger partial charge < -0.3 is 10.6 Å². The van der Waals surface area contributed by atoms with Crippen LogP contribution in [0.3, 0.4) is 0 Å². The van der Waals surface area contributed by atoms with Gasteiger partial charge in [0.05, 0.1) is 6.54 Å². The molecule has 0 saturated carbocycles. The van der Waals surface area contributed by atoms with E-state index in [0.29, 0.717) is 30.2 Å². The molecule has 0 radical (unpaired) electrons. The van der Waals surface area contributed by atoms with Crippen LogP contribution in [0.1, 0.15) is 18.4 Å². The Morgan fingerprint density at radius 3 is 2.65 bits per heavy atom. The Morgan fingerprint density at radius 2 is 1.84 bits per heavy atom. The highest BCUT2D eigenvalue weighted by atomic mass is 16.2. The third-order valence-electron chi connectivity index (χ3n) is 6.28. The van der Waals surface area contributed by atoms with E-state index in [2.05, 4.69) is 29.2 Å².